The van der Waals surface area contributed by atoms with Crippen LogP contribution in [-0.2, 0) is 0 Å². The lowest BCUT2D eigenvalue weighted by Crippen LogP contribution is -2.38. The van der Waals surface area contributed by atoms with Gasteiger partial charge >= 0.3 is 0 Å². The fourth-order valence-corrected chi connectivity index (χ4v) is 5.24. The van der Waals surface area contributed by atoms with E-state index in [-0.39, 0.29) is 17.0 Å². The fourth-order valence-electron chi connectivity index (χ4n) is 4.12. The third-order valence-electron chi connectivity index (χ3n) is 5.86. The van der Waals surface area contributed by atoms with E-state index in [4.69, 9.17) is 24.7 Å². The Kier molecular flexibility index (Phi) is 6.73. The van der Waals surface area contributed by atoms with Crippen LogP contribution in [0.2, 0.25) is 0 Å². The largest absolute Gasteiger partial charge is 0.497 e. The summed E-state index contributed by atoms with van der Waals surface area (Å²) < 4.78 is 23.4. The second kappa shape index (κ2) is 9.90. The van der Waals surface area contributed by atoms with Crippen molar-refractivity contribution in [1.29, 1.82) is 10.5 Å². The summed E-state index contributed by atoms with van der Waals surface area (Å²) in [5.74, 6) is 1.21. The first-order chi connectivity index (χ1) is 17.4. The minimum atomic E-state index is -0.845. The van der Waals surface area contributed by atoms with Crippen LogP contribution in [0.3, 0.4) is 0 Å². The molecular weight excluding hydrogens is 480 g/mol. The van der Waals surface area contributed by atoms with Gasteiger partial charge in [-0.1, -0.05) is 0 Å². The number of ether oxygens (including phenoxy) is 4. The highest BCUT2D eigenvalue weighted by Crippen LogP contribution is 2.41. The first kappa shape index (κ1) is 24.5. The van der Waals surface area contributed by atoms with Gasteiger partial charge in [-0.15, -0.1) is 11.3 Å². The Bertz CT molecular complexity index is 1650. The van der Waals surface area contributed by atoms with Gasteiger partial charge in [0.2, 0.25) is 0 Å². The van der Waals surface area contributed by atoms with Crippen LogP contribution >= 0.6 is 11.3 Å². The van der Waals surface area contributed by atoms with Crippen molar-refractivity contribution in [2.75, 3.05) is 28.4 Å². The molecule has 1 aliphatic rings. The molecule has 0 unspecified atom stereocenters. The van der Waals surface area contributed by atoms with Crippen molar-refractivity contribution in [2.24, 2.45) is 5.73 Å². The van der Waals surface area contributed by atoms with E-state index < -0.39 is 11.5 Å². The normalized spacial score (nSPS) is 15.1. The van der Waals surface area contributed by atoms with E-state index in [9.17, 15) is 15.3 Å². The topological polar surface area (TPSA) is 133 Å². The zero-order valence-corrected chi connectivity index (χ0v) is 20.8. The van der Waals surface area contributed by atoms with Gasteiger partial charge in [0.1, 0.15) is 33.5 Å². The van der Waals surface area contributed by atoms with Gasteiger partial charge in [-0.3, -0.25) is 9.36 Å². The zero-order valence-electron chi connectivity index (χ0n) is 20.0. The molecule has 3 aromatic rings. The number of nitrogens with zero attached hydrogens (tertiary/aromatic N) is 3. The van der Waals surface area contributed by atoms with Crippen LogP contribution in [-0.4, -0.2) is 33.0 Å². The summed E-state index contributed by atoms with van der Waals surface area (Å²) in [5.41, 5.74) is 7.35. The van der Waals surface area contributed by atoms with Gasteiger partial charge < -0.3 is 24.7 Å². The fraction of sp³-hybridized carbons (Fsp3) is 0.192. The van der Waals surface area contributed by atoms with Crippen LogP contribution in [0.1, 0.15) is 17.0 Å². The summed E-state index contributed by atoms with van der Waals surface area (Å²) >= 11 is 1.10. The number of fused-ring (bicyclic) bond motifs is 1. The standard InChI is InChI=1S/C26H22N4O5S/c1-32-15-5-7-20(34-3)14(9-15)10-22-25(31)30-24(29)18(12-27)23(19(13-28)26(30)36-22)17-11-16(33-2)6-8-21(17)35-4/h5-11,23H,29H2,1-4H3/b22-10-/t23-/m1/s1. The van der Waals surface area contributed by atoms with Crippen LogP contribution in [0.15, 0.2) is 46.8 Å². The molecule has 2 aromatic carbocycles. The molecule has 9 nitrogen and oxygen atoms in total. The molecule has 0 aliphatic carbocycles. The smallest absolute Gasteiger partial charge is 0.274 e. The van der Waals surface area contributed by atoms with E-state index in [1.54, 1.807) is 49.6 Å². The average molecular weight is 503 g/mol. The van der Waals surface area contributed by atoms with E-state index in [0.29, 0.717) is 43.3 Å². The van der Waals surface area contributed by atoms with Gasteiger partial charge in [0.05, 0.1) is 62.2 Å². The zero-order chi connectivity index (χ0) is 26.0. The van der Waals surface area contributed by atoms with Crippen LogP contribution in [0.25, 0.3) is 17.5 Å². The lowest BCUT2D eigenvalue weighted by atomic mass is 9.84. The number of hydrogen-bond donors (Lipinski definition) is 1. The van der Waals surface area contributed by atoms with Crippen molar-refractivity contribution < 1.29 is 18.9 Å². The summed E-state index contributed by atoms with van der Waals surface area (Å²) in [6, 6.07) is 14.6. The summed E-state index contributed by atoms with van der Waals surface area (Å²) in [7, 11) is 6.08. The van der Waals surface area contributed by atoms with Crippen LogP contribution in [0, 0.1) is 22.7 Å². The quantitative estimate of drug-likeness (QED) is 0.540. The van der Waals surface area contributed by atoms with Crippen molar-refractivity contribution in [1.82, 2.24) is 4.57 Å². The molecule has 0 fully saturated rings. The molecule has 0 saturated carbocycles. The van der Waals surface area contributed by atoms with Crippen molar-refractivity contribution in [3.05, 3.63) is 72.6 Å². The SMILES string of the molecule is COc1ccc(OC)c(/C=c2\sc3n(c2=O)C(N)=C(C#N)[C@@H](c2cc(OC)ccc2OC)C=3C#N)c1. The van der Waals surface area contributed by atoms with Gasteiger partial charge in [0.15, 0.2) is 0 Å². The number of thiazole rings is 1. The second-order valence-electron chi connectivity index (χ2n) is 7.64. The molecular formula is C26H22N4O5S. The number of nitriles is 2. The molecule has 2 N–H and O–H groups in total. The summed E-state index contributed by atoms with van der Waals surface area (Å²) in [6.45, 7) is 0. The number of nitrogens with two attached hydrogens (primary N) is 1. The molecule has 0 bridgehead atoms. The van der Waals surface area contributed by atoms with Crippen LogP contribution in [0.5, 0.6) is 23.0 Å². The highest BCUT2D eigenvalue weighted by Gasteiger charge is 2.34. The Balaban J connectivity index is 2.08. The van der Waals surface area contributed by atoms with Gasteiger partial charge in [0.25, 0.3) is 5.56 Å². The van der Waals surface area contributed by atoms with E-state index >= 15 is 0 Å². The molecule has 1 aliphatic heterocycles. The summed E-state index contributed by atoms with van der Waals surface area (Å²) in [6.07, 6.45) is 1.65. The Morgan fingerprint density at radius 3 is 2.11 bits per heavy atom. The maximum Gasteiger partial charge on any atom is 0.274 e. The first-order valence-corrected chi connectivity index (χ1v) is 11.5. The number of methoxy groups -OCH3 is 4. The third kappa shape index (κ3) is 3.94. The third-order valence-corrected chi connectivity index (χ3v) is 6.97. The first-order valence-electron chi connectivity index (χ1n) is 10.6. The monoisotopic (exact) mass is 502 g/mol. The van der Waals surface area contributed by atoms with Gasteiger partial charge in [0, 0.05) is 11.1 Å². The number of hydrogen-bond acceptors (Lipinski definition) is 9. The van der Waals surface area contributed by atoms with Gasteiger partial charge in [-0.05, 0) is 42.5 Å². The Labute approximate surface area is 210 Å². The highest BCUT2D eigenvalue weighted by atomic mass is 32.1. The Morgan fingerprint density at radius 2 is 1.53 bits per heavy atom. The van der Waals surface area contributed by atoms with E-state index in [1.807, 2.05) is 0 Å². The summed E-state index contributed by atoms with van der Waals surface area (Å²) in [5, 5.41) is 20.3. The van der Waals surface area contributed by atoms with E-state index in [1.165, 1.54) is 25.9 Å². The molecule has 1 aromatic heterocycles. The number of rotatable bonds is 6. The van der Waals surface area contributed by atoms with Crippen molar-refractivity contribution >= 4 is 28.8 Å². The molecule has 10 heteroatoms. The number of aromatic nitrogens is 1. The van der Waals surface area contributed by atoms with Crippen molar-refractivity contribution in [3.63, 3.8) is 0 Å². The Hall–Kier alpha value is -4.67. The minimum absolute atomic E-state index is 0.0418. The van der Waals surface area contributed by atoms with Crippen LogP contribution in [0.4, 0.5) is 0 Å². The second-order valence-corrected chi connectivity index (χ2v) is 8.67. The molecule has 182 valence electrons. The van der Waals surface area contributed by atoms with Crippen molar-refractivity contribution in [3.8, 4) is 35.1 Å². The minimum Gasteiger partial charge on any atom is -0.497 e. The molecule has 0 amide bonds. The maximum atomic E-state index is 13.5. The van der Waals surface area contributed by atoms with E-state index in [2.05, 4.69) is 12.1 Å². The highest BCUT2D eigenvalue weighted by molar-refractivity contribution is 7.07. The molecule has 0 saturated heterocycles. The predicted molar refractivity (Wildman–Crippen MR) is 135 cm³/mol. The van der Waals surface area contributed by atoms with Crippen molar-refractivity contribution in [2.45, 2.75) is 5.92 Å². The molecule has 2 heterocycles. The lowest BCUT2D eigenvalue weighted by molar-refractivity contribution is 0.398. The molecule has 36 heavy (non-hydrogen) atoms. The van der Waals surface area contributed by atoms with E-state index in [0.717, 1.165) is 11.3 Å². The summed E-state index contributed by atoms with van der Waals surface area (Å²) in [4.78, 5) is 13.5. The number of benzene rings is 2. The molecule has 0 radical (unpaired) electrons. The molecule has 1 atom stereocenters. The maximum absolute atomic E-state index is 13.5. The van der Waals surface area contributed by atoms with Gasteiger partial charge in [-0.2, -0.15) is 10.5 Å². The predicted octanol–water partition coefficient (Wildman–Crippen LogP) is 1.90. The Morgan fingerprint density at radius 1 is 0.917 bits per heavy atom. The molecule has 4 rings (SSSR count). The number of allylic oxidation sites excluding steroid dienone is 1. The van der Waals surface area contributed by atoms with Gasteiger partial charge in [-0.25, -0.2) is 0 Å². The van der Waals surface area contributed by atoms with Crippen LogP contribution < -0.4 is 39.4 Å². The average Bonchev–Trinajstić information content (AvgIpc) is 3.23. The lowest BCUT2D eigenvalue weighted by Gasteiger charge is -2.24. The molecule has 0 spiro atoms.